The summed E-state index contributed by atoms with van der Waals surface area (Å²) >= 11 is 1.71. The number of Topliss-reactive ketones (excluding diaryl/α,β-unsaturated/α-hetero) is 1. The molecule has 2 nitrogen and oxygen atoms in total. The molecule has 1 aliphatic rings. The second-order valence-corrected chi connectivity index (χ2v) is 4.66. The predicted octanol–water partition coefficient (Wildman–Crippen LogP) is 2.74. The third-order valence-electron chi connectivity index (χ3n) is 2.74. The molecule has 14 heavy (non-hydrogen) atoms. The van der Waals surface area contributed by atoms with Crippen molar-refractivity contribution >= 4 is 27.3 Å². The van der Waals surface area contributed by atoms with Crippen LogP contribution in [0.1, 0.15) is 24.3 Å². The minimum atomic E-state index is 0.376. The van der Waals surface area contributed by atoms with Crippen molar-refractivity contribution in [3.05, 3.63) is 29.3 Å². The van der Waals surface area contributed by atoms with E-state index in [9.17, 15) is 4.79 Å². The largest absolute Gasteiger partial charge is 0.300 e. The fraction of sp³-hybridized carbons (Fsp3) is 0.273. The van der Waals surface area contributed by atoms with Gasteiger partial charge in [0.15, 0.2) is 0 Å². The molecule has 0 saturated heterocycles. The molecule has 0 aromatic carbocycles. The van der Waals surface area contributed by atoms with Gasteiger partial charge in [-0.3, -0.25) is 9.78 Å². The molecule has 2 heterocycles. The number of carbonyl (C=O) groups excluding carboxylic acids is 1. The lowest BCUT2D eigenvalue weighted by atomic mass is 9.79. The van der Waals surface area contributed by atoms with E-state index in [0.717, 1.165) is 5.52 Å². The summed E-state index contributed by atoms with van der Waals surface area (Å²) in [5.41, 5.74) is 2.28. The maximum absolute atomic E-state index is 10.9. The summed E-state index contributed by atoms with van der Waals surface area (Å²) in [7, 11) is 0. The Hall–Kier alpha value is -1.22. The molecule has 2 aromatic heterocycles. The summed E-state index contributed by atoms with van der Waals surface area (Å²) in [4.78, 5) is 15.2. The Balaban J connectivity index is 2.01. The van der Waals surface area contributed by atoms with E-state index in [4.69, 9.17) is 0 Å². The maximum atomic E-state index is 10.9. The van der Waals surface area contributed by atoms with E-state index in [0.29, 0.717) is 24.5 Å². The molecular weight excluding hydrogens is 194 g/mol. The van der Waals surface area contributed by atoms with Gasteiger partial charge >= 0.3 is 0 Å². The van der Waals surface area contributed by atoms with Gasteiger partial charge in [0.1, 0.15) is 5.78 Å². The van der Waals surface area contributed by atoms with Crippen LogP contribution in [0.5, 0.6) is 0 Å². The highest BCUT2D eigenvalue weighted by molar-refractivity contribution is 7.17. The van der Waals surface area contributed by atoms with Gasteiger partial charge < -0.3 is 0 Å². The van der Waals surface area contributed by atoms with Crippen LogP contribution >= 0.6 is 11.3 Å². The SMILES string of the molecule is O=C1CC(c2cnc3ccsc3c2)C1. The third-order valence-corrected chi connectivity index (χ3v) is 3.60. The Morgan fingerprint density at radius 2 is 2.29 bits per heavy atom. The summed E-state index contributed by atoms with van der Waals surface area (Å²) in [5, 5.41) is 2.05. The molecule has 3 rings (SSSR count). The number of ketones is 1. The smallest absolute Gasteiger partial charge is 0.134 e. The summed E-state index contributed by atoms with van der Waals surface area (Å²) < 4.78 is 1.22. The van der Waals surface area contributed by atoms with Crippen molar-refractivity contribution in [3.63, 3.8) is 0 Å². The first-order valence-corrected chi connectivity index (χ1v) is 5.56. The van der Waals surface area contributed by atoms with Crippen molar-refractivity contribution in [2.45, 2.75) is 18.8 Å². The summed E-state index contributed by atoms with van der Waals surface area (Å²) in [6.45, 7) is 0. The van der Waals surface area contributed by atoms with E-state index in [-0.39, 0.29) is 0 Å². The molecule has 0 N–H and O–H groups in total. The molecule has 2 aromatic rings. The predicted molar refractivity (Wildman–Crippen MR) is 56.6 cm³/mol. The zero-order valence-electron chi connectivity index (χ0n) is 7.56. The number of hydrogen-bond donors (Lipinski definition) is 0. The lowest BCUT2D eigenvalue weighted by molar-refractivity contribution is -0.124. The third kappa shape index (κ3) is 1.16. The number of pyridine rings is 1. The van der Waals surface area contributed by atoms with Crippen molar-refractivity contribution < 1.29 is 4.79 Å². The monoisotopic (exact) mass is 203 g/mol. The normalized spacial score (nSPS) is 17.3. The van der Waals surface area contributed by atoms with Crippen LogP contribution in [-0.4, -0.2) is 10.8 Å². The van der Waals surface area contributed by atoms with Gasteiger partial charge in [-0.1, -0.05) is 0 Å². The molecule has 0 radical (unpaired) electrons. The molecule has 0 amide bonds. The Bertz CT molecular complexity index is 495. The number of thiophene rings is 1. The topological polar surface area (TPSA) is 30.0 Å². The van der Waals surface area contributed by atoms with Gasteiger partial charge in [0, 0.05) is 19.0 Å². The van der Waals surface area contributed by atoms with Gasteiger partial charge in [0.05, 0.1) is 10.2 Å². The van der Waals surface area contributed by atoms with E-state index in [1.165, 1.54) is 10.3 Å². The van der Waals surface area contributed by atoms with Crippen molar-refractivity contribution in [1.29, 1.82) is 0 Å². The first-order valence-electron chi connectivity index (χ1n) is 4.68. The van der Waals surface area contributed by atoms with Crippen LogP contribution in [0.2, 0.25) is 0 Å². The minimum Gasteiger partial charge on any atom is -0.300 e. The van der Waals surface area contributed by atoms with Crippen LogP contribution in [0.3, 0.4) is 0 Å². The summed E-state index contributed by atoms with van der Waals surface area (Å²) in [6, 6.07) is 4.19. The lowest BCUT2D eigenvalue weighted by Gasteiger charge is -2.23. The standard InChI is InChI=1S/C11H9NOS/c13-9-3-7(4-9)8-5-11-10(12-6-8)1-2-14-11/h1-2,5-7H,3-4H2. The fourth-order valence-corrected chi connectivity index (χ4v) is 2.60. The molecule has 70 valence electrons. The first kappa shape index (κ1) is 8.12. The molecule has 0 unspecified atom stereocenters. The zero-order chi connectivity index (χ0) is 9.54. The fourth-order valence-electron chi connectivity index (χ4n) is 1.81. The average molecular weight is 203 g/mol. The van der Waals surface area contributed by atoms with Crippen LogP contribution < -0.4 is 0 Å². The minimum absolute atomic E-state index is 0.376. The number of rotatable bonds is 1. The first-order chi connectivity index (χ1) is 6.83. The molecule has 1 fully saturated rings. The van der Waals surface area contributed by atoms with Gasteiger partial charge in [-0.05, 0) is 29.0 Å². The van der Waals surface area contributed by atoms with Gasteiger partial charge in [-0.25, -0.2) is 0 Å². The second-order valence-electron chi connectivity index (χ2n) is 3.72. The van der Waals surface area contributed by atoms with E-state index < -0.39 is 0 Å². The highest BCUT2D eigenvalue weighted by Gasteiger charge is 2.28. The molecular formula is C11H9NOS. The van der Waals surface area contributed by atoms with Crippen molar-refractivity contribution in [2.24, 2.45) is 0 Å². The molecule has 1 saturated carbocycles. The average Bonchev–Trinajstić information content (AvgIpc) is 2.59. The van der Waals surface area contributed by atoms with E-state index in [2.05, 4.69) is 11.1 Å². The maximum Gasteiger partial charge on any atom is 0.134 e. The molecule has 1 aliphatic carbocycles. The summed E-state index contributed by atoms with van der Waals surface area (Å²) in [6.07, 6.45) is 3.32. The Labute approximate surface area is 85.6 Å². The summed E-state index contributed by atoms with van der Waals surface area (Å²) in [5.74, 6) is 0.808. The molecule has 0 bridgehead atoms. The lowest BCUT2D eigenvalue weighted by Crippen LogP contribution is -2.21. The number of aromatic nitrogens is 1. The van der Waals surface area contributed by atoms with Crippen molar-refractivity contribution in [1.82, 2.24) is 4.98 Å². The number of carbonyl (C=O) groups is 1. The van der Waals surface area contributed by atoms with E-state index in [1.807, 2.05) is 17.6 Å². The second kappa shape index (κ2) is 2.89. The Morgan fingerprint density at radius 1 is 1.43 bits per heavy atom. The van der Waals surface area contributed by atoms with Crippen LogP contribution in [-0.2, 0) is 4.79 Å². The zero-order valence-corrected chi connectivity index (χ0v) is 8.38. The van der Waals surface area contributed by atoms with Crippen LogP contribution in [0.25, 0.3) is 10.2 Å². The number of fused-ring (bicyclic) bond motifs is 1. The molecule has 0 aliphatic heterocycles. The Kier molecular flexibility index (Phi) is 1.67. The highest BCUT2D eigenvalue weighted by atomic mass is 32.1. The van der Waals surface area contributed by atoms with Crippen molar-refractivity contribution in [3.8, 4) is 0 Å². The number of hydrogen-bond acceptors (Lipinski definition) is 3. The molecule has 3 heteroatoms. The van der Waals surface area contributed by atoms with E-state index >= 15 is 0 Å². The number of nitrogens with zero attached hydrogens (tertiary/aromatic N) is 1. The van der Waals surface area contributed by atoms with Gasteiger partial charge in [0.2, 0.25) is 0 Å². The van der Waals surface area contributed by atoms with E-state index in [1.54, 1.807) is 11.3 Å². The Morgan fingerprint density at radius 3 is 3.07 bits per heavy atom. The highest BCUT2D eigenvalue weighted by Crippen LogP contribution is 2.34. The van der Waals surface area contributed by atoms with Gasteiger partial charge in [0.25, 0.3) is 0 Å². The van der Waals surface area contributed by atoms with Gasteiger partial charge in [-0.2, -0.15) is 0 Å². The van der Waals surface area contributed by atoms with Crippen molar-refractivity contribution in [2.75, 3.05) is 0 Å². The quantitative estimate of drug-likeness (QED) is 0.713. The molecule has 0 spiro atoms. The van der Waals surface area contributed by atoms with Crippen LogP contribution in [0, 0.1) is 0 Å². The van der Waals surface area contributed by atoms with Gasteiger partial charge in [-0.15, -0.1) is 11.3 Å². The molecule has 0 atom stereocenters. The van der Waals surface area contributed by atoms with Crippen LogP contribution in [0.4, 0.5) is 0 Å². The van der Waals surface area contributed by atoms with Crippen LogP contribution in [0.15, 0.2) is 23.7 Å².